The molecule has 0 aromatic rings. The summed E-state index contributed by atoms with van der Waals surface area (Å²) in [5.74, 6) is -0.797. The first-order valence-corrected chi connectivity index (χ1v) is 34.5. The Morgan fingerprint density at radius 1 is 0.400 bits per heavy atom. The number of unbranched alkanes of at least 4 members (excludes halogenated alkanes) is 30. The van der Waals surface area contributed by atoms with Crippen LogP contribution in [0.25, 0.3) is 0 Å². The first-order chi connectivity index (χ1) is 39.0. The summed E-state index contributed by atoms with van der Waals surface area (Å²) in [7, 11) is 1.47. The Morgan fingerprint density at radius 3 is 1.06 bits per heavy atom. The topological polar surface area (TPSA) is 108 Å². The number of carbonyl (C=O) groups is 2. The Morgan fingerprint density at radius 2 is 0.713 bits per heavy atom. The summed E-state index contributed by atoms with van der Waals surface area (Å²) in [5, 5.41) is 0. The van der Waals surface area contributed by atoms with Gasteiger partial charge in [0.25, 0.3) is 0 Å². The largest absolute Gasteiger partial charge is 0.472 e. The molecule has 0 bridgehead atoms. The molecule has 0 spiro atoms. The molecule has 0 aromatic carbocycles. The van der Waals surface area contributed by atoms with Crippen molar-refractivity contribution in [2.24, 2.45) is 0 Å². The van der Waals surface area contributed by atoms with Crippen molar-refractivity contribution < 1.29 is 42.1 Å². The summed E-state index contributed by atoms with van der Waals surface area (Å²) in [6, 6.07) is 0. The lowest BCUT2D eigenvalue weighted by molar-refractivity contribution is -0.870. The fourth-order valence-electron chi connectivity index (χ4n) is 9.05. The Hall–Kier alpha value is -3.07. The number of esters is 2. The van der Waals surface area contributed by atoms with Crippen LogP contribution in [-0.4, -0.2) is 74.9 Å². The molecule has 0 heterocycles. The SMILES string of the molecule is CC/C=C\C/C=C\C/C=C\C/C=C\C/C=C\CCCCCCCCCCCCCCCC(=O)OC(COC(=O)CCCCCCCCCCCCCC/C=C\C/C=C\C/C=C\CCCCCCC)COP(=O)(O)OCC[N+](C)(C)C. The number of quaternary nitrogens is 1. The van der Waals surface area contributed by atoms with Crippen molar-refractivity contribution in [2.45, 2.75) is 290 Å². The highest BCUT2D eigenvalue weighted by atomic mass is 31.2. The highest BCUT2D eigenvalue weighted by molar-refractivity contribution is 7.47. The number of likely N-dealkylation sites (N-methyl/N-ethyl adjacent to an activating group) is 1. The van der Waals surface area contributed by atoms with Crippen molar-refractivity contribution in [3.8, 4) is 0 Å². The minimum Gasteiger partial charge on any atom is -0.462 e. The lowest BCUT2D eigenvalue weighted by Crippen LogP contribution is -2.37. The first-order valence-electron chi connectivity index (χ1n) is 33.0. The molecule has 0 aliphatic rings. The lowest BCUT2D eigenvalue weighted by Gasteiger charge is -2.24. The molecule has 2 unspecified atom stereocenters. The highest BCUT2D eigenvalue weighted by Gasteiger charge is 2.27. The molecule has 0 amide bonds. The number of rotatable bonds is 60. The van der Waals surface area contributed by atoms with Crippen LogP contribution in [0.5, 0.6) is 0 Å². The van der Waals surface area contributed by atoms with Crippen LogP contribution in [0, 0.1) is 0 Å². The van der Waals surface area contributed by atoms with Crippen LogP contribution in [0.1, 0.15) is 284 Å². The van der Waals surface area contributed by atoms with E-state index in [1.54, 1.807) is 0 Å². The van der Waals surface area contributed by atoms with Gasteiger partial charge >= 0.3 is 19.8 Å². The van der Waals surface area contributed by atoms with Gasteiger partial charge in [-0.3, -0.25) is 18.6 Å². The summed E-state index contributed by atoms with van der Waals surface area (Å²) in [6.07, 6.45) is 83.4. The third kappa shape index (κ3) is 64.1. The maximum atomic E-state index is 12.9. The van der Waals surface area contributed by atoms with E-state index in [9.17, 15) is 19.0 Å². The molecule has 80 heavy (non-hydrogen) atoms. The third-order valence-electron chi connectivity index (χ3n) is 14.1. The van der Waals surface area contributed by atoms with Gasteiger partial charge in [-0.05, 0) is 96.3 Å². The molecule has 2 atom stereocenters. The van der Waals surface area contributed by atoms with Gasteiger partial charge in [0.15, 0.2) is 6.10 Å². The van der Waals surface area contributed by atoms with Crippen LogP contribution in [0.4, 0.5) is 0 Å². The molecular weight excluding hydrogens is 1010 g/mol. The summed E-state index contributed by atoms with van der Waals surface area (Å²) >= 11 is 0. The van der Waals surface area contributed by atoms with Crippen LogP contribution < -0.4 is 0 Å². The van der Waals surface area contributed by atoms with Crippen LogP contribution in [-0.2, 0) is 32.7 Å². The second-order valence-electron chi connectivity index (χ2n) is 23.1. The highest BCUT2D eigenvalue weighted by Crippen LogP contribution is 2.43. The number of nitrogens with zero attached hydrogens (tertiary/aromatic N) is 1. The molecule has 0 saturated carbocycles. The van der Waals surface area contributed by atoms with Crippen molar-refractivity contribution in [2.75, 3.05) is 47.5 Å². The van der Waals surface area contributed by atoms with E-state index in [4.69, 9.17) is 18.5 Å². The molecule has 0 rings (SSSR count). The molecule has 9 nitrogen and oxygen atoms in total. The normalized spacial score (nSPS) is 13.8. The molecule has 462 valence electrons. The predicted octanol–water partition coefficient (Wildman–Crippen LogP) is 21.2. The Labute approximate surface area is 493 Å². The first kappa shape index (κ1) is 76.9. The molecule has 10 heteroatoms. The van der Waals surface area contributed by atoms with Gasteiger partial charge in [0.2, 0.25) is 0 Å². The zero-order valence-corrected chi connectivity index (χ0v) is 53.4. The average molecular weight is 1140 g/mol. The number of phosphoric ester groups is 1. The lowest BCUT2D eigenvalue weighted by atomic mass is 10.0. The van der Waals surface area contributed by atoms with Crippen molar-refractivity contribution >= 4 is 19.8 Å². The van der Waals surface area contributed by atoms with E-state index in [-0.39, 0.29) is 32.0 Å². The number of hydrogen-bond donors (Lipinski definition) is 1. The number of hydrogen-bond acceptors (Lipinski definition) is 7. The zero-order chi connectivity index (χ0) is 58.4. The van der Waals surface area contributed by atoms with Gasteiger partial charge in [-0.2, -0.15) is 0 Å². The average Bonchev–Trinajstić information content (AvgIpc) is 3.42. The van der Waals surface area contributed by atoms with Crippen molar-refractivity contribution in [3.63, 3.8) is 0 Å². The second kappa shape index (κ2) is 60.5. The van der Waals surface area contributed by atoms with Gasteiger partial charge in [-0.15, -0.1) is 0 Å². The predicted molar refractivity (Wildman–Crippen MR) is 344 cm³/mol. The molecule has 0 radical (unpaired) electrons. The van der Waals surface area contributed by atoms with E-state index in [2.05, 4.69) is 111 Å². The summed E-state index contributed by atoms with van der Waals surface area (Å²) in [4.78, 5) is 35.8. The van der Waals surface area contributed by atoms with Crippen molar-refractivity contribution in [1.29, 1.82) is 0 Å². The molecule has 0 aliphatic heterocycles. The van der Waals surface area contributed by atoms with Crippen LogP contribution >= 0.6 is 7.82 Å². The number of carbonyl (C=O) groups excluding carboxylic acids is 2. The van der Waals surface area contributed by atoms with Gasteiger partial charge in [0.1, 0.15) is 19.8 Å². The Kier molecular flexibility index (Phi) is 58.2. The fourth-order valence-corrected chi connectivity index (χ4v) is 9.79. The quantitative estimate of drug-likeness (QED) is 0.0211. The summed E-state index contributed by atoms with van der Waals surface area (Å²) in [5.41, 5.74) is 0. The fraction of sp³-hybridized carbons (Fsp3) is 0.743. The van der Waals surface area contributed by atoms with E-state index >= 15 is 0 Å². The van der Waals surface area contributed by atoms with E-state index in [1.807, 2.05) is 21.1 Å². The van der Waals surface area contributed by atoms with Crippen LogP contribution in [0.2, 0.25) is 0 Å². The van der Waals surface area contributed by atoms with E-state index in [0.29, 0.717) is 17.4 Å². The van der Waals surface area contributed by atoms with E-state index in [0.717, 1.165) is 83.5 Å². The summed E-state index contributed by atoms with van der Waals surface area (Å²) in [6.45, 7) is 4.33. The van der Waals surface area contributed by atoms with Crippen molar-refractivity contribution in [3.05, 3.63) is 97.2 Å². The minimum atomic E-state index is -4.40. The van der Waals surface area contributed by atoms with Crippen molar-refractivity contribution in [1.82, 2.24) is 0 Å². The van der Waals surface area contributed by atoms with E-state index < -0.39 is 26.5 Å². The summed E-state index contributed by atoms with van der Waals surface area (Å²) < 4.78 is 34.7. The monoisotopic (exact) mass is 1140 g/mol. The van der Waals surface area contributed by atoms with Crippen LogP contribution in [0.3, 0.4) is 0 Å². The van der Waals surface area contributed by atoms with Gasteiger partial charge in [0, 0.05) is 12.8 Å². The van der Waals surface area contributed by atoms with Gasteiger partial charge in [-0.1, -0.05) is 272 Å². The Balaban J connectivity index is 4.10. The smallest absolute Gasteiger partial charge is 0.462 e. The van der Waals surface area contributed by atoms with Gasteiger partial charge < -0.3 is 18.9 Å². The molecule has 0 saturated heterocycles. The van der Waals surface area contributed by atoms with E-state index in [1.165, 1.54) is 167 Å². The number of ether oxygens (including phenoxy) is 2. The maximum Gasteiger partial charge on any atom is 0.472 e. The zero-order valence-electron chi connectivity index (χ0n) is 52.5. The third-order valence-corrected chi connectivity index (χ3v) is 15.1. The molecule has 1 N–H and O–H groups in total. The van der Waals surface area contributed by atoms with Crippen LogP contribution in [0.15, 0.2) is 97.2 Å². The van der Waals surface area contributed by atoms with Gasteiger partial charge in [-0.25, -0.2) is 4.57 Å². The standard InChI is InChI=1S/C70H124NO8P/c1-6-8-10-12-14-16-18-20-22-24-26-28-30-32-34-35-37-39-41-43-45-47-49-51-53-55-57-59-61-63-70(73)79-68(67-78-80(74,75)77-65-64-71(3,4)5)66-76-69(72)62-60-58-56-54-52-50-48-46-44-42-40-38-36-33-31-29-27-25-23-21-19-17-15-13-11-9-7-2/h8,10,14,16,19-22,25-28,31-34,68H,6-7,9,11-13,15,17-18,23-24,29-30,35-67H2,1-5H3/p+1/b10-8-,16-14-,21-19-,22-20-,27-25-,28-26-,33-31-,34-32-. The minimum absolute atomic E-state index is 0.0280. The second-order valence-corrected chi connectivity index (χ2v) is 24.6. The maximum absolute atomic E-state index is 12.9. The molecule has 0 aromatic heterocycles. The Bertz CT molecular complexity index is 1670. The van der Waals surface area contributed by atoms with Gasteiger partial charge in [0.05, 0.1) is 27.7 Å². The molecule has 0 aliphatic carbocycles. The molecular formula is C70H125NO8P+. The number of allylic oxidation sites excluding steroid dienone is 16. The molecule has 0 fully saturated rings. The number of phosphoric acid groups is 1.